The van der Waals surface area contributed by atoms with Crippen LogP contribution >= 0.6 is 11.8 Å². The lowest BCUT2D eigenvalue weighted by atomic mass is 10.2. The van der Waals surface area contributed by atoms with Crippen molar-refractivity contribution in [3.63, 3.8) is 0 Å². The number of nitrogens with zero attached hydrogens (tertiary/aromatic N) is 2. The van der Waals surface area contributed by atoms with Gasteiger partial charge in [0.05, 0.1) is 5.52 Å². The van der Waals surface area contributed by atoms with Crippen LogP contribution in [0.1, 0.15) is 26.2 Å². The maximum absolute atomic E-state index is 4.63. The molecule has 4 nitrogen and oxygen atoms in total. The number of hydrogen-bond acceptors (Lipinski definition) is 5. The summed E-state index contributed by atoms with van der Waals surface area (Å²) in [6.45, 7) is 3.87. The number of anilines is 2. The Morgan fingerprint density at radius 2 is 2.10 bits per heavy atom. The van der Waals surface area contributed by atoms with Crippen molar-refractivity contribution in [1.82, 2.24) is 9.97 Å². The molecule has 0 bridgehead atoms. The summed E-state index contributed by atoms with van der Waals surface area (Å²) in [7, 11) is 0. The molecule has 1 atom stereocenters. The van der Waals surface area contributed by atoms with Crippen LogP contribution in [0.4, 0.5) is 11.8 Å². The van der Waals surface area contributed by atoms with Crippen LogP contribution in [0, 0.1) is 0 Å². The summed E-state index contributed by atoms with van der Waals surface area (Å²) in [6.07, 6.45) is 4.02. The van der Waals surface area contributed by atoms with Crippen LogP contribution in [0.3, 0.4) is 0 Å². The maximum atomic E-state index is 4.63. The molecule has 0 amide bonds. The topological polar surface area (TPSA) is 49.8 Å². The molecule has 21 heavy (non-hydrogen) atoms. The molecule has 2 heterocycles. The van der Waals surface area contributed by atoms with Gasteiger partial charge < -0.3 is 10.6 Å². The van der Waals surface area contributed by atoms with E-state index >= 15 is 0 Å². The van der Waals surface area contributed by atoms with Crippen molar-refractivity contribution in [2.45, 2.75) is 31.4 Å². The number of para-hydroxylation sites is 1. The minimum Gasteiger partial charge on any atom is -0.368 e. The third kappa shape index (κ3) is 3.59. The van der Waals surface area contributed by atoms with Gasteiger partial charge in [-0.1, -0.05) is 18.6 Å². The Labute approximate surface area is 130 Å². The fourth-order valence-electron chi connectivity index (χ4n) is 2.63. The molecule has 5 heteroatoms. The van der Waals surface area contributed by atoms with Crippen LogP contribution < -0.4 is 10.6 Å². The molecule has 0 aliphatic carbocycles. The van der Waals surface area contributed by atoms with Crippen molar-refractivity contribution in [1.29, 1.82) is 0 Å². The lowest BCUT2D eigenvalue weighted by molar-refractivity contribution is 0.677. The molecule has 1 unspecified atom stereocenters. The standard InChI is InChI=1S/C16H22N4S/c1-2-17-16-19-14-9-4-3-8-13(14)15(20-16)18-11-12-7-5-6-10-21-12/h3-4,8-9,12H,2,5-7,10-11H2,1H3,(H2,17,18,19,20). The predicted octanol–water partition coefficient (Wildman–Crippen LogP) is 3.76. The quantitative estimate of drug-likeness (QED) is 0.880. The first kappa shape index (κ1) is 14.4. The van der Waals surface area contributed by atoms with E-state index in [0.717, 1.165) is 29.8 Å². The van der Waals surface area contributed by atoms with Crippen LogP contribution in [-0.4, -0.2) is 34.1 Å². The van der Waals surface area contributed by atoms with Gasteiger partial charge in [0, 0.05) is 23.7 Å². The number of fused-ring (bicyclic) bond motifs is 1. The Bertz CT molecular complexity index is 596. The molecule has 2 N–H and O–H groups in total. The van der Waals surface area contributed by atoms with Crippen LogP contribution in [0.2, 0.25) is 0 Å². The summed E-state index contributed by atoms with van der Waals surface area (Å²) in [5.41, 5.74) is 0.988. The first-order valence-corrected chi connectivity index (χ1v) is 8.78. The Morgan fingerprint density at radius 3 is 2.90 bits per heavy atom. The Kier molecular flexibility index (Phi) is 4.80. The molecule has 0 spiro atoms. The minimum atomic E-state index is 0.704. The summed E-state index contributed by atoms with van der Waals surface area (Å²) in [5, 5.41) is 8.56. The van der Waals surface area contributed by atoms with Crippen molar-refractivity contribution in [3.8, 4) is 0 Å². The molecule has 0 saturated carbocycles. The first-order valence-electron chi connectivity index (χ1n) is 7.73. The van der Waals surface area contributed by atoms with E-state index in [0.29, 0.717) is 11.2 Å². The monoisotopic (exact) mass is 302 g/mol. The zero-order valence-corrected chi connectivity index (χ0v) is 13.2. The highest BCUT2D eigenvalue weighted by atomic mass is 32.2. The lowest BCUT2D eigenvalue weighted by Gasteiger charge is -2.22. The van der Waals surface area contributed by atoms with Gasteiger partial charge in [-0.05, 0) is 37.7 Å². The second-order valence-corrected chi connectivity index (χ2v) is 6.72. The summed E-state index contributed by atoms with van der Waals surface area (Å²) >= 11 is 2.08. The third-order valence-corrected chi connectivity index (χ3v) is 5.11. The van der Waals surface area contributed by atoms with Gasteiger partial charge in [0.2, 0.25) is 5.95 Å². The normalized spacial score (nSPS) is 18.6. The molecule has 1 aliphatic rings. The average Bonchev–Trinajstić information content (AvgIpc) is 2.54. The Balaban J connectivity index is 1.81. The molecule has 1 aromatic carbocycles. The Hall–Kier alpha value is -1.49. The molecular formula is C16H22N4S. The van der Waals surface area contributed by atoms with Gasteiger partial charge in [-0.15, -0.1) is 0 Å². The van der Waals surface area contributed by atoms with Crippen LogP contribution in [0.5, 0.6) is 0 Å². The van der Waals surface area contributed by atoms with Crippen molar-refractivity contribution < 1.29 is 0 Å². The fraction of sp³-hybridized carbons (Fsp3) is 0.500. The second kappa shape index (κ2) is 6.98. The Morgan fingerprint density at radius 1 is 1.19 bits per heavy atom. The van der Waals surface area contributed by atoms with Crippen molar-refractivity contribution in [3.05, 3.63) is 24.3 Å². The fourth-order valence-corrected chi connectivity index (χ4v) is 3.87. The number of benzene rings is 1. The van der Waals surface area contributed by atoms with Gasteiger partial charge in [0.15, 0.2) is 0 Å². The van der Waals surface area contributed by atoms with E-state index in [9.17, 15) is 0 Å². The first-order chi connectivity index (χ1) is 10.4. The SMILES string of the molecule is CCNc1nc(NCC2CCCCS2)c2ccccc2n1. The lowest BCUT2D eigenvalue weighted by Crippen LogP contribution is -2.21. The van der Waals surface area contributed by atoms with Gasteiger partial charge in [-0.2, -0.15) is 16.7 Å². The molecule has 1 fully saturated rings. The van der Waals surface area contributed by atoms with Gasteiger partial charge in [0.1, 0.15) is 5.82 Å². The van der Waals surface area contributed by atoms with E-state index in [1.165, 1.54) is 25.0 Å². The zero-order valence-electron chi connectivity index (χ0n) is 12.4. The molecule has 112 valence electrons. The van der Waals surface area contributed by atoms with E-state index in [1.54, 1.807) is 0 Å². The van der Waals surface area contributed by atoms with Crippen LogP contribution in [-0.2, 0) is 0 Å². The van der Waals surface area contributed by atoms with Crippen molar-refractivity contribution >= 4 is 34.4 Å². The number of rotatable bonds is 5. The molecule has 2 aromatic rings. The predicted molar refractivity (Wildman–Crippen MR) is 92.3 cm³/mol. The molecule has 1 saturated heterocycles. The zero-order chi connectivity index (χ0) is 14.5. The molecule has 1 aliphatic heterocycles. The largest absolute Gasteiger partial charge is 0.368 e. The number of hydrogen-bond donors (Lipinski definition) is 2. The molecule has 3 rings (SSSR count). The van der Waals surface area contributed by atoms with Crippen LogP contribution in [0.15, 0.2) is 24.3 Å². The van der Waals surface area contributed by atoms with Crippen LogP contribution in [0.25, 0.3) is 10.9 Å². The van der Waals surface area contributed by atoms with Gasteiger partial charge in [0.25, 0.3) is 0 Å². The maximum Gasteiger partial charge on any atom is 0.225 e. The summed E-state index contributed by atoms with van der Waals surface area (Å²) < 4.78 is 0. The average molecular weight is 302 g/mol. The molecule has 1 aromatic heterocycles. The van der Waals surface area contributed by atoms with E-state index in [4.69, 9.17) is 0 Å². The van der Waals surface area contributed by atoms with Crippen molar-refractivity contribution in [2.75, 3.05) is 29.5 Å². The molecular weight excluding hydrogens is 280 g/mol. The van der Waals surface area contributed by atoms with Gasteiger partial charge in [-0.3, -0.25) is 0 Å². The minimum absolute atomic E-state index is 0.704. The third-order valence-electron chi connectivity index (χ3n) is 3.71. The van der Waals surface area contributed by atoms with E-state index < -0.39 is 0 Å². The van der Waals surface area contributed by atoms with E-state index in [-0.39, 0.29) is 0 Å². The highest BCUT2D eigenvalue weighted by Crippen LogP contribution is 2.27. The molecule has 0 radical (unpaired) electrons. The van der Waals surface area contributed by atoms with Gasteiger partial charge >= 0.3 is 0 Å². The van der Waals surface area contributed by atoms with Crippen molar-refractivity contribution in [2.24, 2.45) is 0 Å². The van der Waals surface area contributed by atoms with E-state index in [1.807, 2.05) is 18.2 Å². The number of aromatic nitrogens is 2. The summed E-state index contributed by atoms with van der Waals surface area (Å²) in [4.78, 5) is 9.19. The highest BCUT2D eigenvalue weighted by Gasteiger charge is 2.15. The summed E-state index contributed by atoms with van der Waals surface area (Å²) in [5.74, 6) is 2.94. The van der Waals surface area contributed by atoms with Gasteiger partial charge in [-0.25, -0.2) is 4.98 Å². The number of thioether (sulfide) groups is 1. The highest BCUT2D eigenvalue weighted by molar-refractivity contribution is 7.99. The second-order valence-electron chi connectivity index (χ2n) is 5.31. The smallest absolute Gasteiger partial charge is 0.225 e. The number of nitrogens with one attached hydrogen (secondary N) is 2. The summed E-state index contributed by atoms with van der Waals surface area (Å²) in [6, 6.07) is 8.19. The van der Waals surface area contributed by atoms with E-state index in [2.05, 4.69) is 45.4 Å².